The fourth-order valence-corrected chi connectivity index (χ4v) is 7.36. The molecule has 3 aromatic heterocycles. The van der Waals surface area contributed by atoms with Crippen LogP contribution in [0.5, 0.6) is 0 Å². The summed E-state index contributed by atoms with van der Waals surface area (Å²) in [5.41, 5.74) is 9.40. The standard InChI is InChI=1S/C35H22F3N2S.C12H10N.Ir/c1-22-18-26(23-10-4-2-5-11-23)33(27(19-22)24-12-6-3-7-13-24)40-31-15-9-8-14-30(31)39-34(40)29-21-41-32-17-16-25(20-28(29)32)35(36,37)38;1-10-7-8-12(13-9-10)11-5-3-2-4-6-11;/h2-20H,1H3;2-5,7-9H,1H3;/q2*-1;/i;1D3;. The van der Waals surface area contributed by atoms with Crippen molar-refractivity contribution in [2.24, 2.45) is 0 Å². The summed E-state index contributed by atoms with van der Waals surface area (Å²) in [5, 5.41) is 3.78. The average molecular weight is 923 g/mol. The zero-order valence-electron chi connectivity index (χ0n) is 32.2. The van der Waals surface area contributed by atoms with Gasteiger partial charge in [0.1, 0.15) is 0 Å². The van der Waals surface area contributed by atoms with E-state index in [1.165, 1.54) is 29.7 Å². The summed E-state index contributed by atoms with van der Waals surface area (Å²) in [6.45, 7) is -0.0135. The Morgan fingerprint density at radius 1 is 0.727 bits per heavy atom. The maximum absolute atomic E-state index is 13.8. The summed E-state index contributed by atoms with van der Waals surface area (Å²) in [6, 6.07) is 50.1. The number of aromatic nitrogens is 3. The summed E-state index contributed by atoms with van der Waals surface area (Å²) < 4.78 is 65.8. The van der Waals surface area contributed by atoms with Gasteiger partial charge >= 0.3 is 6.18 Å². The van der Waals surface area contributed by atoms with Gasteiger partial charge in [-0.15, -0.1) is 41.3 Å². The summed E-state index contributed by atoms with van der Waals surface area (Å²) in [5.74, 6) is 0.551. The molecule has 273 valence electrons. The van der Waals surface area contributed by atoms with E-state index in [2.05, 4.69) is 64.3 Å². The number of hydrogen-bond acceptors (Lipinski definition) is 3. The molecule has 3 heterocycles. The normalized spacial score (nSPS) is 12.3. The van der Waals surface area contributed by atoms with Crippen molar-refractivity contribution in [3.8, 4) is 50.6 Å². The van der Waals surface area contributed by atoms with Crippen LogP contribution < -0.4 is 0 Å². The topological polar surface area (TPSA) is 30.7 Å². The van der Waals surface area contributed by atoms with Gasteiger partial charge in [0.15, 0.2) is 0 Å². The van der Waals surface area contributed by atoms with Crippen molar-refractivity contribution in [2.75, 3.05) is 0 Å². The third-order valence-electron chi connectivity index (χ3n) is 9.02. The van der Waals surface area contributed by atoms with E-state index in [9.17, 15) is 13.2 Å². The minimum atomic E-state index is -4.45. The molecule has 0 fully saturated rings. The number of nitrogens with zero attached hydrogens (tertiary/aromatic N) is 3. The Morgan fingerprint density at radius 2 is 1.40 bits per heavy atom. The van der Waals surface area contributed by atoms with Gasteiger partial charge in [0.25, 0.3) is 0 Å². The van der Waals surface area contributed by atoms with Gasteiger partial charge in [-0.1, -0.05) is 119 Å². The van der Waals surface area contributed by atoms with Gasteiger partial charge in [0, 0.05) is 47.1 Å². The van der Waals surface area contributed by atoms with Gasteiger partial charge in [-0.3, -0.25) is 16.3 Å². The molecule has 3 nitrogen and oxygen atoms in total. The van der Waals surface area contributed by atoms with Gasteiger partial charge in [-0.2, -0.15) is 13.2 Å². The number of hydrogen-bond donors (Lipinski definition) is 0. The first-order valence-electron chi connectivity index (χ1n) is 18.6. The molecule has 0 saturated carbocycles. The minimum absolute atomic E-state index is 0. The van der Waals surface area contributed by atoms with E-state index in [0.717, 1.165) is 66.6 Å². The number of halogens is 3. The molecule has 6 aromatic carbocycles. The number of thiophene rings is 1. The summed E-state index contributed by atoms with van der Waals surface area (Å²) in [6.07, 6.45) is -3.06. The number of para-hydroxylation sites is 2. The Morgan fingerprint density at radius 3 is 2.02 bits per heavy atom. The summed E-state index contributed by atoms with van der Waals surface area (Å²) >= 11 is 1.30. The second kappa shape index (κ2) is 16.0. The van der Waals surface area contributed by atoms with E-state index in [1.54, 1.807) is 18.2 Å². The van der Waals surface area contributed by atoms with Crippen molar-refractivity contribution < 1.29 is 37.4 Å². The number of alkyl halides is 3. The molecule has 0 saturated heterocycles. The van der Waals surface area contributed by atoms with E-state index in [4.69, 9.17) is 9.10 Å². The first-order chi connectivity index (χ1) is 27.5. The Balaban J connectivity index is 0.000000254. The molecule has 0 aliphatic rings. The van der Waals surface area contributed by atoms with Crippen LogP contribution >= 0.6 is 11.3 Å². The fourth-order valence-electron chi connectivity index (χ4n) is 6.54. The molecule has 8 heteroatoms. The van der Waals surface area contributed by atoms with Gasteiger partial charge in [-0.25, -0.2) is 0 Å². The number of imidazole rings is 1. The van der Waals surface area contributed by atoms with Crippen LogP contribution in [0.3, 0.4) is 0 Å². The Hall–Kier alpha value is -5.66. The first-order valence-corrected chi connectivity index (χ1v) is 18.0. The number of fused-ring (bicyclic) bond motifs is 2. The van der Waals surface area contributed by atoms with Crippen molar-refractivity contribution in [2.45, 2.75) is 20.0 Å². The maximum Gasteiger partial charge on any atom is 0.415 e. The zero-order chi connectivity index (χ0) is 39.7. The van der Waals surface area contributed by atoms with Gasteiger partial charge < -0.3 is 9.55 Å². The molecular formula is C47H32F3IrN3S-2. The number of pyridine rings is 1. The van der Waals surface area contributed by atoms with Crippen molar-refractivity contribution in [1.82, 2.24) is 14.5 Å². The molecule has 0 aliphatic heterocycles. The predicted octanol–water partition coefficient (Wildman–Crippen LogP) is 13.2. The maximum atomic E-state index is 13.8. The second-order valence-corrected chi connectivity index (χ2v) is 13.5. The molecule has 55 heavy (non-hydrogen) atoms. The number of rotatable bonds is 5. The Labute approximate surface area is 339 Å². The van der Waals surface area contributed by atoms with Crippen molar-refractivity contribution in [1.29, 1.82) is 0 Å². The van der Waals surface area contributed by atoms with E-state index >= 15 is 0 Å². The molecule has 0 atom stereocenters. The van der Waals surface area contributed by atoms with Crippen LogP contribution in [0.2, 0.25) is 0 Å². The largest absolute Gasteiger partial charge is 0.415 e. The van der Waals surface area contributed by atoms with Gasteiger partial charge in [-0.05, 0) is 66.0 Å². The summed E-state index contributed by atoms with van der Waals surface area (Å²) in [7, 11) is 0. The van der Waals surface area contributed by atoms with Gasteiger partial charge in [0.05, 0.1) is 22.5 Å². The van der Waals surface area contributed by atoms with E-state index in [1.807, 2.05) is 78.9 Å². The quantitative estimate of drug-likeness (QED) is 0.161. The van der Waals surface area contributed by atoms with Crippen molar-refractivity contribution in [3.63, 3.8) is 0 Å². The smallest absolute Gasteiger partial charge is 0.332 e. The minimum Gasteiger partial charge on any atom is -0.332 e. The molecule has 0 unspecified atom stereocenters. The second-order valence-electron chi connectivity index (χ2n) is 12.7. The van der Waals surface area contributed by atoms with Gasteiger partial charge in [0.2, 0.25) is 0 Å². The molecule has 1 radical (unpaired) electrons. The molecule has 9 rings (SSSR count). The van der Waals surface area contributed by atoms with Crippen LogP contribution in [0.4, 0.5) is 13.2 Å². The third kappa shape index (κ3) is 7.80. The molecular weight excluding hydrogens is 888 g/mol. The Bertz CT molecular complexity index is 2760. The third-order valence-corrected chi connectivity index (χ3v) is 9.90. The average Bonchev–Trinajstić information content (AvgIpc) is 3.82. The molecule has 0 N–H and O–H groups in total. The molecule has 0 aliphatic carbocycles. The molecule has 0 bridgehead atoms. The van der Waals surface area contributed by atoms with Crippen LogP contribution in [0.1, 0.15) is 20.8 Å². The Kier molecular flexibility index (Phi) is 9.84. The van der Waals surface area contributed by atoms with E-state index < -0.39 is 18.6 Å². The molecule has 0 spiro atoms. The van der Waals surface area contributed by atoms with Crippen LogP contribution in [0.25, 0.3) is 71.7 Å². The zero-order valence-corrected chi connectivity index (χ0v) is 32.4. The van der Waals surface area contributed by atoms with Crippen LogP contribution in [-0.4, -0.2) is 14.5 Å². The number of benzene rings is 6. The SMILES string of the molecule is Cc1cc(-c2ccccc2)c(-n2c(-c3[c-]sc4ccc(C(F)(F)F)cc34)nc3ccccc32)c(-c2ccccc2)c1.[2H]C([2H])([2H])c1ccc(-c2[c-]cccc2)nc1.[Ir]. The van der Waals surface area contributed by atoms with Crippen molar-refractivity contribution >= 4 is 32.5 Å². The van der Waals surface area contributed by atoms with E-state index in [-0.39, 0.29) is 25.7 Å². The van der Waals surface area contributed by atoms with Crippen LogP contribution in [0, 0.1) is 25.2 Å². The number of aryl methyl sites for hydroxylation is 2. The van der Waals surface area contributed by atoms with Crippen LogP contribution in [0.15, 0.2) is 158 Å². The molecule has 0 amide bonds. The fraction of sp³-hybridized carbons (Fsp3) is 0.0638. The monoisotopic (exact) mass is 923 g/mol. The molecule has 9 aromatic rings. The van der Waals surface area contributed by atoms with E-state index in [0.29, 0.717) is 16.8 Å². The summed E-state index contributed by atoms with van der Waals surface area (Å²) in [4.78, 5) is 9.15. The van der Waals surface area contributed by atoms with Crippen LogP contribution in [-0.2, 0) is 26.3 Å². The predicted molar refractivity (Wildman–Crippen MR) is 215 cm³/mol. The first kappa shape index (κ1) is 33.9. The van der Waals surface area contributed by atoms with Crippen molar-refractivity contribution in [3.05, 3.63) is 186 Å².